The molecule has 0 aliphatic rings. The van der Waals surface area contributed by atoms with Crippen LogP contribution in [0.2, 0.25) is 0 Å². The van der Waals surface area contributed by atoms with Crippen molar-refractivity contribution in [2.75, 3.05) is 33.3 Å². The fraction of sp³-hybridized carbons (Fsp3) is 0.500. The van der Waals surface area contributed by atoms with Crippen LogP contribution in [0.4, 0.5) is 0 Å². The largest absolute Gasteiger partial charge is 0.496 e. The Bertz CT molecular complexity index is 371. The summed E-state index contributed by atoms with van der Waals surface area (Å²) >= 11 is 1.69. The molecule has 0 heterocycles. The highest BCUT2D eigenvalue weighted by atomic mass is 32.2. The fourth-order valence-electron chi connectivity index (χ4n) is 1.61. The fourth-order valence-corrected chi connectivity index (χ4v) is 2.15. The normalized spacial score (nSPS) is 12.1. The number of hydrogen-bond acceptors (Lipinski definition) is 5. The molecule has 0 saturated heterocycles. The molecule has 1 aromatic carbocycles. The molecule has 2 N–H and O–H groups in total. The van der Waals surface area contributed by atoms with Crippen LogP contribution in [0.5, 0.6) is 17.2 Å². The third-order valence-electron chi connectivity index (χ3n) is 2.48. The molecule has 1 aromatic rings. The summed E-state index contributed by atoms with van der Waals surface area (Å²) < 4.78 is 15.8. The first-order valence-corrected chi connectivity index (χ1v) is 6.61. The van der Waals surface area contributed by atoms with Gasteiger partial charge in [-0.1, -0.05) is 0 Å². The van der Waals surface area contributed by atoms with Gasteiger partial charge in [-0.3, -0.25) is 0 Å². The molecular formula is C12H19NO3S. The highest BCUT2D eigenvalue weighted by Gasteiger charge is 2.16. The van der Waals surface area contributed by atoms with Gasteiger partial charge in [0.15, 0.2) is 11.5 Å². The third kappa shape index (κ3) is 3.20. The molecule has 0 saturated carbocycles. The predicted octanol–water partition coefficient (Wildman–Crippen LogP) is 2.08. The van der Waals surface area contributed by atoms with E-state index in [1.54, 1.807) is 39.2 Å². The second kappa shape index (κ2) is 6.61. The second-order valence-corrected chi connectivity index (χ2v) is 4.42. The van der Waals surface area contributed by atoms with Gasteiger partial charge in [0.2, 0.25) is 0 Å². The van der Waals surface area contributed by atoms with Gasteiger partial charge in [0, 0.05) is 23.4 Å². The van der Waals surface area contributed by atoms with E-state index in [-0.39, 0.29) is 6.04 Å². The maximum atomic E-state index is 6.10. The zero-order valence-corrected chi connectivity index (χ0v) is 11.5. The van der Waals surface area contributed by atoms with Crippen molar-refractivity contribution in [3.8, 4) is 17.2 Å². The lowest BCUT2D eigenvalue weighted by Crippen LogP contribution is -2.14. The van der Waals surface area contributed by atoms with Crippen LogP contribution in [0.1, 0.15) is 11.6 Å². The second-order valence-electron chi connectivity index (χ2n) is 3.51. The lowest BCUT2D eigenvalue weighted by atomic mass is 10.1. The SMILES string of the molecule is COc1cc(OC)c(C(N)CSC)cc1OC. The molecule has 4 nitrogen and oxygen atoms in total. The molecule has 1 atom stereocenters. The van der Waals surface area contributed by atoms with Crippen LogP contribution in [0, 0.1) is 0 Å². The molecule has 17 heavy (non-hydrogen) atoms. The van der Waals surface area contributed by atoms with Crippen LogP contribution < -0.4 is 19.9 Å². The number of hydrogen-bond donors (Lipinski definition) is 1. The molecule has 0 spiro atoms. The topological polar surface area (TPSA) is 53.7 Å². The molecule has 0 aliphatic carbocycles. The van der Waals surface area contributed by atoms with Gasteiger partial charge in [0.1, 0.15) is 5.75 Å². The molecule has 0 aromatic heterocycles. The van der Waals surface area contributed by atoms with Crippen molar-refractivity contribution in [3.63, 3.8) is 0 Å². The summed E-state index contributed by atoms with van der Waals surface area (Å²) in [6.45, 7) is 0. The molecule has 5 heteroatoms. The number of ether oxygens (including phenoxy) is 3. The van der Waals surface area contributed by atoms with E-state index in [1.165, 1.54) is 0 Å². The van der Waals surface area contributed by atoms with E-state index < -0.39 is 0 Å². The van der Waals surface area contributed by atoms with Gasteiger partial charge in [-0.15, -0.1) is 0 Å². The van der Waals surface area contributed by atoms with E-state index in [0.29, 0.717) is 11.5 Å². The van der Waals surface area contributed by atoms with Gasteiger partial charge >= 0.3 is 0 Å². The quantitative estimate of drug-likeness (QED) is 0.845. The summed E-state index contributed by atoms with van der Waals surface area (Å²) in [7, 11) is 4.82. The van der Waals surface area contributed by atoms with Crippen LogP contribution in [-0.4, -0.2) is 33.3 Å². The first kappa shape index (κ1) is 14.0. The van der Waals surface area contributed by atoms with E-state index in [0.717, 1.165) is 17.1 Å². The summed E-state index contributed by atoms with van der Waals surface area (Å²) in [5, 5.41) is 0. The Hall–Kier alpha value is -1.07. The van der Waals surface area contributed by atoms with E-state index in [2.05, 4.69) is 0 Å². The monoisotopic (exact) mass is 257 g/mol. The summed E-state index contributed by atoms with van der Waals surface area (Å²) in [6, 6.07) is 3.59. The van der Waals surface area contributed by atoms with Crippen molar-refractivity contribution >= 4 is 11.8 Å². The van der Waals surface area contributed by atoms with Crippen molar-refractivity contribution in [3.05, 3.63) is 17.7 Å². The molecule has 96 valence electrons. The van der Waals surface area contributed by atoms with Crippen molar-refractivity contribution in [2.45, 2.75) is 6.04 Å². The highest BCUT2D eigenvalue weighted by Crippen LogP contribution is 2.37. The minimum absolute atomic E-state index is 0.0836. The number of nitrogens with two attached hydrogens (primary N) is 1. The molecule has 1 unspecified atom stereocenters. The lowest BCUT2D eigenvalue weighted by Gasteiger charge is -2.18. The van der Waals surface area contributed by atoms with Crippen LogP contribution >= 0.6 is 11.8 Å². The van der Waals surface area contributed by atoms with Crippen molar-refractivity contribution in [1.82, 2.24) is 0 Å². The van der Waals surface area contributed by atoms with Crippen LogP contribution in [0.3, 0.4) is 0 Å². The standard InChI is InChI=1S/C12H19NO3S/c1-14-10-6-12(16-3)11(15-2)5-8(10)9(13)7-17-4/h5-6,9H,7,13H2,1-4H3. The maximum Gasteiger partial charge on any atom is 0.164 e. The van der Waals surface area contributed by atoms with Gasteiger partial charge in [-0.05, 0) is 12.3 Å². The molecule has 0 bridgehead atoms. The summed E-state index contributed by atoms with van der Waals surface area (Å²) in [6.07, 6.45) is 2.02. The van der Waals surface area contributed by atoms with Gasteiger partial charge < -0.3 is 19.9 Å². The minimum Gasteiger partial charge on any atom is -0.496 e. The smallest absolute Gasteiger partial charge is 0.164 e. The van der Waals surface area contributed by atoms with Crippen molar-refractivity contribution in [2.24, 2.45) is 5.73 Å². The Balaban J connectivity index is 3.18. The molecule has 0 radical (unpaired) electrons. The molecule has 1 rings (SSSR count). The Morgan fingerprint density at radius 3 is 2.06 bits per heavy atom. The first-order chi connectivity index (χ1) is 8.17. The molecule has 0 amide bonds. The minimum atomic E-state index is -0.0836. The maximum absolute atomic E-state index is 6.10. The lowest BCUT2D eigenvalue weighted by molar-refractivity contribution is 0.347. The molecule has 0 fully saturated rings. The average molecular weight is 257 g/mol. The number of thioether (sulfide) groups is 1. The van der Waals surface area contributed by atoms with Crippen LogP contribution in [0.15, 0.2) is 12.1 Å². The average Bonchev–Trinajstić information content (AvgIpc) is 2.37. The van der Waals surface area contributed by atoms with E-state index in [1.807, 2.05) is 12.3 Å². The Labute approximate surface area is 106 Å². The van der Waals surface area contributed by atoms with Crippen molar-refractivity contribution in [1.29, 1.82) is 0 Å². The van der Waals surface area contributed by atoms with Gasteiger partial charge in [0.05, 0.1) is 21.3 Å². The highest BCUT2D eigenvalue weighted by molar-refractivity contribution is 7.98. The third-order valence-corrected chi connectivity index (χ3v) is 3.17. The predicted molar refractivity (Wildman–Crippen MR) is 71.4 cm³/mol. The zero-order valence-electron chi connectivity index (χ0n) is 10.6. The Morgan fingerprint density at radius 1 is 1.06 bits per heavy atom. The summed E-state index contributed by atoms with van der Waals surface area (Å²) in [5.41, 5.74) is 7.03. The Kier molecular flexibility index (Phi) is 5.44. The van der Waals surface area contributed by atoms with Gasteiger partial charge in [-0.25, -0.2) is 0 Å². The van der Waals surface area contributed by atoms with Gasteiger partial charge in [-0.2, -0.15) is 11.8 Å². The number of benzene rings is 1. The van der Waals surface area contributed by atoms with E-state index >= 15 is 0 Å². The number of rotatable bonds is 6. The van der Waals surface area contributed by atoms with E-state index in [9.17, 15) is 0 Å². The van der Waals surface area contributed by atoms with Crippen LogP contribution in [0.25, 0.3) is 0 Å². The number of methoxy groups -OCH3 is 3. The van der Waals surface area contributed by atoms with Crippen molar-refractivity contribution < 1.29 is 14.2 Å². The first-order valence-electron chi connectivity index (χ1n) is 5.22. The summed E-state index contributed by atoms with van der Waals surface area (Å²) in [4.78, 5) is 0. The van der Waals surface area contributed by atoms with Gasteiger partial charge in [0.25, 0.3) is 0 Å². The summed E-state index contributed by atoms with van der Waals surface area (Å²) in [5.74, 6) is 2.86. The van der Waals surface area contributed by atoms with E-state index in [4.69, 9.17) is 19.9 Å². The zero-order chi connectivity index (χ0) is 12.8. The Morgan fingerprint density at radius 2 is 1.59 bits per heavy atom. The molecular weight excluding hydrogens is 238 g/mol. The molecule has 0 aliphatic heterocycles. The van der Waals surface area contributed by atoms with Crippen LogP contribution in [-0.2, 0) is 0 Å².